The SMILES string of the molecule is CC(CCCN)C(=O)Nc1cccc(Cn2ccnc2)c1. The Labute approximate surface area is 125 Å². The van der Waals surface area contributed by atoms with Crippen LogP contribution in [0.5, 0.6) is 0 Å². The lowest BCUT2D eigenvalue weighted by molar-refractivity contribution is -0.119. The number of nitrogens with two attached hydrogens (primary N) is 1. The first-order valence-electron chi connectivity index (χ1n) is 7.24. The summed E-state index contributed by atoms with van der Waals surface area (Å²) >= 11 is 0. The summed E-state index contributed by atoms with van der Waals surface area (Å²) in [6.07, 6.45) is 7.14. The van der Waals surface area contributed by atoms with E-state index in [9.17, 15) is 4.79 Å². The van der Waals surface area contributed by atoms with Gasteiger partial charge in [-0.2, -0.15) is 0 Å². The first-order valence-corrected chi connectivity index (χ1v) is 7.24. The third-order valence-corrected chi connectivity index (χ3v) is 3.41. The van der Waals surface area contributed by atoms with Crippen LogP contribution in [-0.4, -0.2) is 22.0 Å². The number of hydrogen-bond donors (Lipinski definition) is 2. The fourth-order valence-corrected chi connectivity index (χ4v) is 2.16. The summed E-state index contributed by atoms with van der Waals surface area (Å²) in [6, 6.07) is 7.89. The monoisotopic (exact) mass is 286 g/mol. The molecular formula is C16H22N4O. The third-order valence-electron chi connectivity index (χ3n) is 3.41. The molecule has 1 heterocycles. The highest BCUT2D eigenvalue weighted by molar-refractivity contribution is 5.92. The number of nitrogens with one attached hydrogen (secondary N) is 1. The number of benzene rings is 1. The largest absolute Gasteiger partial charge is 0.333 e. The molecule has 0 saturated carbocycles. The predicted octanol–water partition coefficient (Wildman–Crippen LogP) is 2.24. The van der Waals surface area contributed by atoms with Crippen molar-refractivity contribution in [1.82, 2.24) is 9.55 Å². The summed E-state index contributed by atoms with van der Waals surface area (Å²) in [5.74, 6) is 0.0223. The van der Waals surface area contributed by atoms with Gasteiger partial charge in [0.15, 0.2) is 0 Å². The predicted molar refractivity (Wildman–Crippen MR) is 83.9 cm³/mol. The molecule has 1 aromatic heterocycles. The van der Waals surface area contributed by atoms with Crippen LogP contribution in [0.15, 0.2) is 43.0 Å². The Morgan fingerprint density at radius 1 is 1.48 bits per heavy atom. The normalized spacial score (nSPS) is 12.1. The number of imidazole rings is 1. The Kier molecular flexibility index (Phi) is 5.51. The number of rotatable bonds is 7. The Bertz CT molecular complexity index is 565. The van der Waals surface area contributed by atoms with Crippen LogP contribution in [0.25, 0.3) is 0 Å². The van der Waals surface area contributed by atoms with E-state index in [1.165, 1.54) is 0 Å². The summed E-state index contributed by atoms with van der Waals surface area (Å²) < 4.78 is 1.99. The highest BCUT2D eigenvalue weighted by Crippen LogP contribution is 2.14. The molecule has 0 spiro atoms. The van der Waals surface area contributed by atoms with Gasteiger partial charge in [-0.3, -0.25) is 4.79 Å². The molecule has 112 valence electrons. The second-order valence-corrected chi connectivity index (χ2v) is 5.26. The maximum Gasteiger partial charge on any atom is 0.227 e. The van der Waals surface area contributed by atoms with Crippen molar-refractivity contribution in [2.45, 2.75) is 26.3 Å². The molecule has 0 fully saturated rings. The molecule has 0 bridgehead atoms. The second-order valence-electron chi connectivity index (χ2n) is 5.26. The molecule has 3 N–H and O–H groups in total. The summed E-state index contributed by atoms with van der Waals surface area (Å²) in [5, 5.41) is 2.97. The molecule has 0 aliphatic heterocycles. The standard InChI is InChI=1S/C16H22N4O/c1-13(4-3-7-17)16(21)19-15-6-2-5-14(10-15)11-20-9-8-18-12-20/h2,5-6,8-10,12-13H,3-4,7,11,17H2,1H3,(H,19,21). The average Bonchev–Trinajstić information content (AvgIpc) is 2.98. The fourth-order valence-electron chi connectivity index (χ4n) is 2.16. The number of nitrogens with zero attached hydrogens (tertiary/aromatic N) is 2. The van der Waals surface area contributed by atoms with Crippen LogP contribution in [0, 0.1) is 5.92 Å². The van der Waals surface area contributed by atoms with Gasteiger partial charge < -0.3 is 15.6 Å². The molecule has 2 aromatic rings. The van der Waals surface area contributed by atoms with Crippen molar-refractivity contribution < 1.29 is 4.79 Å². The van der Waals surface area contributed by atoms with Crippen LogP contribution in [0.4, 0.5) is 5.69 Å². The van der Waals surface area contributed by atoms with Crippen LogP contribution >= 0.6 is 0 Å². The van der Waals surface area contributed by atoms with E-state index in [1.807, 2.05) is 42.0 Å². The third kappa shape index (κ3) is 4.72. The maximum absolute atomic E-state index is 12.1. The van der Waals surface area contributed by atoms with E-state index in [0.29, 0.717) is 6.54 Å². The smallest absolute Gasteiger partial charge is 0.227 e. The van der Waals surface area contributed by atoms with Crippen molar-refractivity contribution in [2.24, 2.45) is 11.7 Å². The highest BCUT2D eigenvalue weighted by atomic mass is 16.1. The first kappa shape index (κ1) is 15.3. The van der Waals surface area contributed by atoms with Gasteiger partial charge in [-0.15, -0.1) is 0 Å². The van der Waals surface area contributed by atoms with Crippen molar-refractivity contribution in [3.05, 3.63) is 48.5 Å². The molecule has 0 aliphatic carbocycles. The summed E-state index contributed by atoms with van der Waals surface area (Å²) in [4.78, 5) is 16.1. The van der Waals surface area contributed by atoms with Gasteiger partial charge in [0.25, 0.3) is 0 Å². The number of carbonyl (C=O) groups is 1. The number of hydrogen-bond acceptors (Lipinski definition) is 3. The summed E-state index contributed by atoms with van der Waals surface area (Å²) in [5.41, 5.74) is 7.43. The quantitative estimate of drug-likeness (QED) is 0.820. The average molecular weight is 286 g/mol. The lowest BCUT2D eigenvalue weighted by Gasteiger charge is -2.12. The van der Waals surface area contributed by atoms with E-state index in [4.69, 9.17) is 5.73 Å². The van der Waals surface area contributed by atoms with E-state index < -0.39 is 0 Å². The molecule has 0 aliphatic rings. The first-order chi connectivity index (χ1) is 10.2. The van der Waals surface area contributed by atoms with Gasteiger partial charge in [-0.25, -0.2) is 4.98 Å². The molecule has 1 aromatic carbocycles. The van der Waals surface area contributed by atoms with Crippen LogP contribution < -0.4 is 11.1 Å². The van der Waals surface area contributed by atoms with Gasteiger partial charge in [0.2, 0.25) is 5.91 Å². The number of anilines is 1. The zero-order chi connectivity index (χ0) is 15.1. The molecule has 2 rings (SSSR count). The lowest BCUT2D eigenvalue weighted by Crippen LogP contribution is -2.21. The van der Waals surface area contributed by atoms with Crippen LogP contribution in [0.1, 0.15) is 25.3 Å². The van der Waals surface area contributed by atoms with E-state index in [2.05, 4.69) is 10.3 Å². The zero-order valence-electron chi connectivity index (χ0n) is 12.3. The van der Waals surface area contributed by atoms with E-state index in [1.54, 1.807) is 12.5 Å². The van der Waals surface area contributed by atoms with Crippen LogP contribution in [0.2, 0.25) is 0 Å². The lowest BCUT2D eigenvalue weighted by atomic mass is 10.0. The zero-order valence-corrected chi connectivity index (χ0v) is 12.3. The maximum atomic E-state index is 12.1. The van der Waals surface area contributed by atoms with Crippen molar-refractivity contribution in [3.8, 4) is 0 Å². The highest BCUT2D eigenvalue weighted by Gasteiger charge is 2.12. The molecule has 5 nitrogen and oxygen atoms in total. The second kappa shape index (κ2) is 7.59. The Morgan fingerprint density at radius 2 is 2.33 bits per heavy atom. The van der Waals surface area contributed by atoms with Crippen molar-refractivity contribution in [2.75, 3.05) is 11.9 Å². The Balaban J connectivity index is 1.96. The topological polar surface area (TPSA) is 72.9 Å². The van der Waals surface area contributed by atoms with E-state index in [0.717, 1.165) is 30.6 Å². The van der Waals surface area contributed by atoms with Gasteiger partial charge in [0, 0.05) is 30.5 Å². The Morgan fingerprint density at radius 3 is 3.05 bits per heavy atom. The van der Waals surface area contributed by atoms with E-state index >= 15 is 0 Å². The van der Waals surface area contributed by atoms with Gasteiger partial charge in [-0.1, -0.05) is 19.1 Å². The van der Waals surface area contributed by atoms with Crippen LogP contribution in [0.3, 0.4) is 0 Å². The van der Waals surface area contributed by atoms with Gasteiger partial charge >= 0.3 is 0 Å². The fraction of sp³-hybridized carbons (Fsp3) is 0.375. The summed E-state index contributed by atoms with van der Waals surface area (Å²) in [6.45, 7) is 3.30. The minimum absolute atomic E-state index is 0.0224. The molecule has 0 saturated heterocycles. The Hall–Kier alpha value is -2.14. The molecule has 1 atom stereocenters. The van der Waals surface area contributed by atoms with Crippen LogP contribution in [-0.2, 0) is 11.3 Å². The number of carbonyl (C=O) groups excluding carboxylic acids is 1. The van der Waals surface area contributed by atoms with Gasteiger partial charge in [0.1, 0.15) is 0 Å². The number of aromatic nitrogens is 2. The van der Waals surface area contributed by atoms with Crippen molar-refractivity contribution >= 4 is 11.6 Å². The molecular weight excluding hydrogens is 264 g/mol. The van der Waals surface area contributed by atoms with Gasteiger partial charge in [-0.05, 0) is 37.1 Å². The molecule has 1 unspecified atom stereocenters. The minimum atomic E-state index is -0.0224. The minimum Gasteiger partial charge on any atom is -0.333 e. The summed E-state index contributed by atoms with van der Waals surface area (Å²) in [7, 11) is 0. The van der Waals surface area contributed by atoms with E-state index in [-0.39, 0.29) is 11.8 Å². The molecule has 0 radical (unpaired) electrons. The van der Waals surface area contributed by atoms with Crippen molar-refractivity contribution in [3.63, 3.8) is 0 Å². The molecule has 5 heteroatoms. The molecule has 1 amide bonds. The van der Waals surface area contributed by atoms with Gasteiger partial charge in [0.05, 0.1) is 6.33 Å². The van der Waals surface area contributed by atoms with Crippen molar-refractivity contribution in [1.29, 1.82) is 0 Å². The molecule has 21 heavy (non-hydrogen) atoms. The number of amides is 1.